The van der Waals surface area contributed by atoms with Gasteiger partial charge >= 0.3 is 19.8 Å². The van der Waals surface area contributed by atoms with E-state index in [4.69, 9.17) is 24.3 Å². The van der Waals surface area contributed by atoms with Crippen LogP contribution in [0.3, 0.4) is 0 Å². The van der Waals surface area contributed by atoms with Gasteiger partial charge in [-0.25, -0.2) is 4.57 Å². The molecular weight excluding hydrogens is 605 g/mol. The van der Waals surface area contributed by atoms with E-state index in [1.165, 1.54) is 109 Å². The van der Waals surface area contributed by atoms with Crippen LogP contribution in [-0.2, 0) is 32.7 Å². The van der Waals surface area contributed by atoms with E-state index >= 15 is 0 Å². The molecule has 0 bridgehead atoms. The van der Waals surface area contributed by atoms with E-state index in [1.807, 2.05) is 0 Å². The fraction of sp³-hybridized carbons (Fsp3) is 0.944. The number of phosphoric ester groups is 1. The zero-order valence-electron chi connectivity index (χ0n) is 29.8. The van der Waals surface area contributed by atoms with Gasteiger partial charge in [-0.3, -0.25) is 18.6 Å². The Morgan fingerprint density at radius 2 is 0.935 bits per heavy atom. The summed E-state index contributed by atoms with van der Waals surface area (Å²) in [7, 11) is -4.35. The standard InChI is InChI=1S/C36H72NO8P/c1-3-5-7-9-10-11-12-13-14-15-16-17-18-19-20-21-22-23-25-27-29-36(39)45-34(33-44-46(40,41)43-31-30-37)32-42-35(38)28-26-24-8-6-4-2/h34H,3-33,37H2,1-2H3,(H,40,41). The molecule has 0 aliphatic heterocycles. The summed E-state index contributed by atoms with van der Waals surface area (Å²) < 4.78 is 32.4. The fourth-order valence-electron chi connectivity index (χ4n) is 5.40. The summed E-state index contributed by atoms with van der Waals surface area (Å²) >= 11 is 0. The molecule has 0 heterocycles. The first-order valence-electron chi connectivity index (χ1n) is 19.0. The lowest BCUT2D eigenvalue weighted by atomic mass is 10.0. The number of hydrogen-bond acceptors (Lipinski definition) is 8. The maximum atomic E-state index is 12.5. The highest BCUT2D eigenvalue weighted by molar-refractivity contribution is 7.47. The number of rotatable bonds is 36. The SMILES string of the molecule is CCCCCCCCCCCCCCCCCCCCCCC(=O)OC(COC(=O)CCCCCCC)COP(=O)(O)OCCN. The molecule has 0 aromatic carbocycles. The highest BCUT2D eigenvalue weighted by Crippen LogP contribution is 2.43. The quantitative estimate of drug-likeness (QED) is 0.0377. The zero-order chi connectivity index (χ0) is 34.0. The summed E-state index contributed by atoms with van der Waals surface area (Å²) in [5.74, 6) is -0.833. The van der Waals surface area contributed by atoms with Crippen molar-refractivity contribution in [1.82, 2.24) is 0 Å². The van der Waals surface area contributed by atoms with Gasteiger partial charge < -0.3 is 20.1 Å². The molecule has 0 radical (unpaired) electrons. The van der Waals surface area contributed by atoms with Gasteiger partial charge in [0, 0.05) is 19.4 Å². The summed E-state index contributed by atoms with van der Waals surface area (Å²) in [5, 5.41) is 0. The van der Waals surface area contributed by atoms with E-state index in [2.05, 4.69) is 13.8 Å². The Balaban J connectivity index is 3.97. The van der Waals surface area contributed by atoms with E-state index in [-0.39, 0.29) is 32.6 Å². The van der Waals surface area contributed by atoms with Crippen LogP contribution in [0.15, 0.2) is 0 Å². The van der Waals surface area contributed by atoms with Gasteiger partial charge in [0.15, 0.2) is 6.10 Å². The van der Waals surface area contributed by atoms with E-state index in [0.29, 0.717) is 6.42 Å². The van der Waals surface area contributed by atoms with Crippen molar-refractivity contribution in [3.05, 3.63) is 0 Å². The van der Waals surface area contributed by atoms with Crippen molar-refractivity contribution in [3.8, 4) is 0 Å². The smallest absolute Gasteiger partial charge is 0.462 e. The molecule has 10 heteroatoms. The maximum Gasteiger partial charge on any atom is 0.472 e. The lowest BCUT2D eigenvalue weighted by Gasteiger charge is -2.19. The predicted molar refractivity (Wildman–Crippen MR) is 188 cm³/mol. The van der Waals surface area contributed by atoms with Gasteiger partial charge in [0.05, 0.1) is 13.2 Å². The lowest BCUT2D eigenvalue weighted by Crippen LogP contribution is -2.29. The summed E-state index contributed by atoms with van der Waals surface area (Å²) in [6.45, 7) is 3.65. The van der Waals surface area contributed by atoms with Crippen LogP contribution in [0.1, 0.15) is 187 Å². The molecule has 0 spiro atoms. The van der Waals surface area contributed by atoms with Gasteiger partial charge in [0.2, 0.25) is 0 Å². The number of esters is 2. The van der Waals surface area contributed by atoms with Gasteiger partial charge in [0.25, 0.3) is 0 Å². The molecule has 0 saturated heterocycles. The van der Waals surface area contributed by atoms with Crippen molar-refractivity contribution < 1.29 is 37.6 Å². The van der Waals surface area contributed by atoms with E-state index in [0.717, 1.165) is 44.9 Å². The molecule has 0 aliphatic rings. The van der Waals surface area contributed by atoms with Gasteiger partial charge in [-0.15, -0.1) is 0 Å². The van der Waals surface area contributed by atoms with Crippen molar-refractivity contribution in [2.45, 2.75) is 193 Å². The molecule has 46 heavy (non-hydrogen) atoms. The van der Waals surface area contributed by atoms with Crippen molar-refractivity contribution in [3.63, 3.8) is 0 Å². The summed E-state index contributed by atoms with van der Waals surface area (Å²) in [4.78, 5) is 34.4. The molecule has 3 N–H and O–H groups in total. The van der Waals surface area contributed by atoms with Crippen LogP contribution in [0.4, 0.5) is 0 Å². The zero-order valence-corrected chi connectivity index (χ0v) is 30.7. The van der Waals surface area contributed by atoms with Gasteiger partial charge in [-0.05, 0) is 12.8 Å². The molecular formula is C36H72NO8P. The second-order valence-electron chi connectivity index (χ2n) is 12.8. The minimum absolute atomic E-state index is 0.0572. The molecule has 0 aromatic rings. The average Bonchev–Trinajstić information content (AvgIpc) is 3.04. The number of ether oxygens (including phenoxy) is 2. The molecule has 0 aromatic heterocycles. The van der Waals surface area contributed by atoms with Gasteiger partial charge in [-0.2, -0.15) is 0 Å². The first-order valence-corrected chi connectivity index (χ1v) is 20.5. The second-order valence-corrected chi connectivity index (χ2v) is 14.3. The Bertz CT molecular complexity index is 739. The van der Waals surface area contributed by atoms with E-state index in [1.54, 1.807) is 0 Å². The van der Waals surface area contributed by atoms with Crippen LogP contribution in [-0.4, -0.2) is 49.3 Å². The van der Waals surface area contributed by atoms with Crippen LogP contribution < -0.4 is 5.73 Å². The Morgan fingerprint density at radius 3 is 1.33 bits per heavy atom. The molecule has 0 amide bonds. The maximum absolute atomic E-state index is 12.5. The highest BCUT2D eigenvalue weighted by atomic mass is 31.2. The minimum atomic E-state index is -4.35. The largest absolute Gasteiger partial charge is 0.472 e. The predicted octanol–water partition coefficient (Wildman–Crippen LogP) is 10.1. The molecule has 0 saturated carbocycles. The number of carbonyl (C=O) groups is 2. The summed E-state index contributed by atoms with van der Waals surface area (Å²) in [5.41, 5.74) is 5.31. The minimum Gasteiger partial charge on any atom is -0.462 e. The van der Waals surface area contributed by atoms with E-state index < -0.39 is 32.5 Å². The first-order chi connectivity index (χ1) is 22.3. The summed E-state index contributed by atoms with van der Waals surface area (Å²) in [6, 6.07) is 0. The Labute approximate surface area is 282 Å². The first kappa shape index (κ1) is 45.0. The molecule has 0 fully saturated rings. The molecule has 9 nitrogen and oxygen atoms in total. The normalized spacial score (nSPS) is 13.4. The Morgan fingerprint density at radius 1 is 0.565 bits per heavy atom. The Kier molecular flexibility index (Phi) is 33.2. The second kappa shape index (κ2) is 33.9. The average molecular weight is 678 g/mol. The number of carbonyl (C=O) groups excluding carboxylic acids is 2. The van der Waals surface area contributed by atoms with Crippen LogP contribution in [0, 0.1) is 0 Å². The number of unbranched alkanes of at least 4 members (excludes halogenated alkanes) is 23. The van der Waals surface area contributed by atoms with Crippen LogP contribution in [0.25, 0.3) is 0 Å². The van der Waals surface area contributed by atoms with E-state index in [9.17, 15) is 19.0 Å². The Hall–Kier alpha value is -0.990. The van der Waals surface area contributed by atoms with Crippen LogP contribution in [0.5, 0.6) is 0 Å². The molecule has 274 valence electrons. The topological polar surface area (TPSA) is 134 Å². The van der Waals surface area contributed by atoms with Gasteiger partial charge in [-0.1, -0.05) is 162 Å². The van der Waals surface area contributed by atoms with Crippen molar-refractivity contribution >= 4 is 19.8 Å². The number of hydrogen-bond donors (Lipinski definition) is 2. The lowest BCUT2D eigenvalue weighted by molar-refractivity contribution is -0.161. The van der Waals surface area contributed by atoms with Crippen LogP contribution >= 0.6 is 7.82 Å². The third kappa shape index (κ3) is 32.9. The third-order valence-electron chi connectivity index (χ3n) is 8.24. The fourth-order valence-corrected chi connectivity index (χ4v) is 6.16. The van der Waals surface area contributed by atoms with Crippen molar-refractivity contribution in [2.24, 2.45) is 5.73 Å². The van der Waals surface area contributed by atoms with Gasteiger partial charge in [0.1, 0.15) is 6.61 Å². The number of phosphoric acid groups is 1. The monoisotopic (exact) mass is 677 g/mol. The highest BCUT2D eigenvalue weighted by Gasteiger charge is 2.25. The molecule has 2 unspecified atom stereocenters. The molecule has 0 aliphatic carbocycles. The van der Waals surface area contributed by atoms with Crippen LogP contribution in [0.2, 0.25) is 0 Å². The number of nitrogens with two attached hydrogens (primary N) is 1. The molecule has 0 rings (SSSR count). The molecule has 2 atom stereocenters. The summed E-state index contributed by atoms with van der Waals surface area (Å²) in [6.07, 6.45) is 30.4. The van der Waals surface area contributed by atoms with Crippen molar-refractivity contribution in [1.29, 1.82) is 0 Å². The van der Waals surface area contributed by atoms with Crippen molar-refractivity contribution in [2.75, 3.05) is 26.4 Å². The third-order valence-corrected chi connectivity index (χ3v) is 9.23.